The fourth-order valence-electron chi connectivity index (χ4n) is 3.64. The van der Waals surface area contributed by atoms with Crippen molar-refractivity contribution in [3.63, 3.8) is 0 Å². The van der Waals surface area contributed by atoms with Gasteiger partial charge in [0.25, 0.3) is 0 Å². The van der Waals surface area contributed by atoms with Crippen LogP contribution in [0.5, 0.6) is 5.75 Å². The van der Waals surface area contributed by atoms with Crippen LogP contribution in [0.1, 0.15) is 43.9 Å². The lowest BCUT2D eigenvalue weighted by Crippen LogP contribution is -2.19. The number of halogens is 1. The number of carbonyl (C=O) groups is 1. The van der Waals surface area contributed by atoms with Gasteiger partial charge in [0.2, 0.25) is 0 Å². The molecule has 3 aromatic rings. The summed E-state index contributed by atoms with van der Waals surface area (Å²) in [5, 5.41) is 29.0. The van der Waals surface area contributed by atoms with Crippen molar-refractivity contribution in [2.24, 2.45) is 0 Å². The Morgan fingerprint density at radius 3 is 2.23 bits per heavy atom. The van der Waals surface area contributed by atoms with Crippen molar-refractivity contribution in [3.8, 4) is 28.4 Å². The van der Waals surface area contributed by atoms with Crippen LogP contribution in [0.3, 0.4) is 0 Å². The van der Waals surface area contributed by atoms with Gasteiger partial charge in [-0.05, 0) is 54.4 Å². The maximum Gasteiger partial charge on any atom is 0.305 e. The fraction of sp³-hybridized carbons (Fsp3) is 0.296. The lowest BCUT2D eigenvalue weighted by atomic mass is 9.96. The number of hydrogen-bond donors (Lipinski definition) is 3. The Morgan fingerprint density at radius 1 is 1.03 bits per heavy atom. The minimum Gasteiger partial charge on any atom is -0.497 e. The molecule has 0 amide bonds. The number of methoxy groups -OCH3 is 1. The molecule has 0 aliphatic rings. The van der Waals surface area contributed by atoms with E-state index in [4.69, 9.17) is 19.8 Å². The van der Waals surface area contributed by atoms with Gasteiger partial charge in [-0.25, -0.2) is 14.4 Å². The third-order valence-electron chi connectivity index (χ3n) is 5.40. The van der Waals surface area contributed by atoms with E-state index >= 15 is 0 Å². The average molecular weight is 481 g/mol. The van der Waals surface area contributed by atoms with Gasteiger partial charge in [0.1, 0.15) is 11.6 Å². The second kappa shape index (κ2) is 11.7. The second-order valence-electron chi connectivity index (χ2n) is 8.50. The maximum absolute atomic E-state index is 13.6. The van der Waals surface area contributed by atoms with Crippen molar-refractivity contribution < 1.29 is 29.2 Å². The minimum absolute atomic E-state index is 0.0106. The third kappa shape index (κ3) is 6.94. The number of carboxylic acids is 1. The summed E-state index contributed by atoms with van der Waals surface area (Å²) in [6, 6.07) is 13.3. The first-order valence-corrected chi connectivity index (χ1v) is 11.3. The zero-order chi connectivity index (χ0) is 25.5. The number of aliphatic hydroxyl groups is 2. The number of benzene rings is 2. The van der Waals surface area contributed by atoms with Crippen molar-refractivity contribution in [2.75, 3.05) is 7.11 Å². The van der Waals surface area contributed by atoms with Crippen LogP contribution < -0.4 is 4.74 Å². The van der Waals surface area contributed by atoms with Gasteiger partial charge in [-0.1, -0.05) is 26.0 Å². The van der Waals surface area contributed by atoms with Crippen LogP contribution in [-0.4, -0.2) is 50.6 Å². The Kier molecular flexibility index (Phi) is 8.68. The van der Waals surface area contributed by atoms with Gasteiger partial charge in [0, 0.05) is 23.1 Å². The quantitative estimate of drug-likeness (QED) is 0.386. The van der Waals surface area contributed by atoms with Gasteiger partial charge in [0.15, 0.2) is 5.82 Å². The summed E-state index contributed by atoms with van der Waals surface area (Å²) in [7, 11) is 1.59. The standard InChI is InChI=1S/C27H29FN2O5/c1-16(2)25-23(13-10-20(31)14-21(32)15-24(33)34)26(17-4-8-19(28)9-5-17)30-27(29-25)18-6-11-22(35-3)12-7-18/h4-13,16,20-21,31-32H,14-15H2,1-3H3,(H,33,34)/b13-10+. The van der Waals surface area contributed by atoms with E-state index in [0.717, 1.165) is 11.3 Å². The summed E-state index contributed by atoms with van der Waals surface area (Å²) in [6.07, 6.45) is 0.312. The van der Waals surface area contributed by atoms with Gasteiger partial charge >= 0.3 is 5.97 Å². The summed E-state index contributed by atoms with van der Waals surface area (Å²) in [6.45, 7) is 3.97. The highest BCUT2D eigenvalue weighted by molar-refractivity contribution is 5.76. The molecule has 0 fully saturated rings. The molecule has 2 unspecified atom stereocenters. The zero-order valence-electron chi connectivity index (χ0n) is 19.9. The van der Waals surface area contributed by atoms with Crippen LogP contribution in [0.25, 0.3) is 28.7 Å². The maximum atomic E-state index is 13.6. The molecule has 0 spiro atoms. The van der Waals surface area contributed by atoms with Crippen LogP contribution in [0.2, 0.25) is 0 Å². The summed E-state index contributed by atoms with van der Waals surface area (Å²) in [5.41, 5.74) is 3.38. The number of hydrogen-bond acceptors (Lipinski definition) is 6. The molecule has 0 bridgehead atoms. The molecule has 7 nitrogen and oxygen atoms in total. The number of aliphatic carboxylic acids is 1. The number of nitrogens with zero attached hydrogens (tertiary/aromatic N) is 2. The highest BCUT2D eigenvalue weighted by Crippen LogP contribution is 2.32. The molecule has 8 heteroatoms. The normalized spacial score (nSPS) is 13.2. The van der Waals surface area contributed by atoms with Gasteiger partial charge in [-0.3, -0.25) is 4.79 Å². The monoisotopic (exact) mass is 480 g/mol. The Balaban J connectivity index is 2.09. The molecule has 35 heavy (non-hydrogen) atoms. The van der Waals surface area contributed by atoms with E-state index in [0.29, 0.717) is 28.4 Å². The minimum atomic E-state index is -1.18. The molecule has 3 rings (SSSR count). The molecule has 2 aromatic carbocycles. The molecule has 0 aliphatic heterocycles. The van der Waals surface area contributed by atoms with Gasteiger partial charge in [-0.2, -0.15) is 0 Å². The van der Waals surface area contributed by atoms with Gasteiger partial charge in [-0.15, -0.1) is 0 Å². The highest BCUT2D eigenvalue weighted by atomic mass is 19.1. The highest BCUT2D eigenvalue weighted by Gasteiger charge is 2.19. The molecule has 1 heterocycles. The Hall–Kier alpha value is -3.62. The molecule has 0 radical (unpaired) electrons. The van der Waals surface area contributed by atoms with Crippen LogP contribution >= 0.6 is 0 Å². The van der Waals surface area contributed by atoms with Crippen LogP contribution in [-0.2, 0) is 4.79 Å². The molecule has 0 saturated heterocycles. The van der Waals surface area contributed by atoms with Crippen molar-refractivity contribution in [1.82, 2.24) is 9.97 Å². The van der Waals surface area contributed by atoms with E-state index in [1.165, 1.54) is 18.2 Å². The molecule has 184 valence electrons. The van der Waals surface area contributed by atoms with Crippen LogP contribution in [0.15, 0.2) is 54.6 Å². The van der Waals surface area contributed by atoms with E-state index in [9.17, 15) is 19.4 Å². The predicted octanol–water partition coefficient (Wildman–Crippen LogP) is 4.68. The predicted molar refractivity (Wildman–Crippen MR) is 131 cm³/mol. The molecule has 2 atom stereocenters. The third-order valence-corrected chi connectivity index (χ3v) is 5.40. The van der Waals surface area contributed by atoms with Crippen molar-refractivity contribution in [1.29, 1.82) is 0 Å². The lowest BCUT2D eigenvalue weighted by molar-refractivity contribution is -0.139. The molecule has 3 N–H and O–H groups in total. The number of carboxylic acid groups (broad SMARTS) is 1. The number of rotatable bonds is 10. The number of aliphatic hydroxyl groups excluding tert-OH is 2. The summed E-state index contributed by atoms with van der Waals surface area (Å²) >= 11 is 0. The summed E-state index contributed by atoms with van der Waals surface area (Å²) < 4.78 is 18.9. The van der Waals surface area contributed by atoms with E-state index in [-0.39, 0.29) is 18.2 Å². The smallest absolute Gasteiger partial charge is 0.305 e. The van der Waals surface area contributed by atoms with Crippen LogP contribution in [0, 0.1) is 5.82 Å². The Morgan fingerprint density at radius 2 is 1.66 bits per heavy atom. The average Bonchev–Trinajstić information content (AvgIpc) is 2.82. The lowest BCUT2D eigenvalue weighted by Gasteiger charge is -2.17. The van der Waals surface area contributed by atoms with E-state index < -0.39 is 24.6 Å². The van der Waals surface area contributed by atoms with E-state index in [1.54, 1.807) is 25.3 Å². The summed E-state index contributed by atoms with van der Waals surface area (Å²) in [5.74, 6) is -0.330. The first kappa shape index (κ1) is 26.0. The summed E-state index contributed by atoms with van der Waals surface area (Å²) in [4.78, 5) is 20.4. The van der Waals surface area contributed by atoms with Gasteiger partial charge < -0.3 is 20.1 Å². The number of aromatic nitrogens is 2. The first-order chi connectivity index (χ1) is 16.7. The van der Waals surface area contributed by atoms with E-state index in [2.05, 4.69) is 0 Å². The molecule has 1 aromatic heterocycles. The molecular weight excluding hydrogens is 451 g/mol. The van der Waals surface area contributed by atoms with Crippen LogP contribution in [0.4, 0.5) is 4.39 Å². The first-order valence-electron chi connectivity index (χ1n) is 11.3. The Labute approximate surface area is 203 Å². The molecule has 0 saturated carbocycles. The zero-order valence-corrected chi connectivity index (χ0v) is 19.9. The van der Waals surface area contributed by atoms with E-state index in [1.807, 2.05) is 38.1 Å². The fourth-order valence-corrected chi connectivity index (χ4v) is 3.64. The largest absolute Gasteiger partial charge is 0.497 e. The van der Waals surface area contributed by atoms with Gasteiger partial charge in [0.05, 0.1) is 37.1 Å². The van der Waals surface area contributed by atoms with Crippen molar-refractivity contribution in [2.45, 2.75) is 44.8 Å². The topological polar surface area (TPSA) is 113 Å². The molecule has 0 aliphatic carbocycles. The molecular formula is C27H29FN2O5. The SMILES string of the molecule is COc1ccc(-c2nc(-c3ccc(F)cc3)c(/C=C/C(O)CC(O)CC(=O)O)c(C(C)C)n2)cc1. The number of ether oxygens (including phenoxy) is 1. The Bertz CT molecular complexity index is 1180. The second-order valence-corrected chi connectivity index (χ2v) is 8.50. The van der Waals surface area contributed by atoms with Crippen molar-refractivity contribution in [3.05, 3.63) is 71.7 Å². The van der Waals surface area contributed by atoms with Crippen molar-refractivity contribution >= 4 is 12.0 Å².